The molecule has 1 aromatic carbocycles. The standard InChI is InChI=1S/C12H15BO3/c1-8(2)12(14)10-4-3-9-5-6-16-13(15)11(9)7-10/h3-4,7-8,15H,5-6H2,1-2H3. The van der Waals surface area contributed by atoms with Crippen LogP contribution in [0.15, 0.2) is 18.2 Å². The van der Waals surface area contributed by atoms with Gasteiger partial charge in [0.05, 0.1) is 0 Å². The molecule has 0 amide bonds. The van der Waals surface area contributed by atoms with E-state index < -0.39 is 7.12 Å². The van der Waals surface area contributed by atoms with Crippen molar-refractivity contribution in [1.82, 2.24) is 0 Å². The van der Waals surface area contributed by atoms with Crippen LogP contribution < -0.4 is 5.46 Å². The van der Waals surface area contributed by atoms with Crippen LogP contribution in [0.2, 0.25) is 0 Å². The predicted molar refractivity (Wildman–Crippen MR) is 62.9 cm³/mol. The summed E-state index contributed by atoms with van der Waals surface area (Å²) in [6.07, 6.45) is 0.794. The number of hydrogen-bond acceptors (Lipinski definition) is 3. The molecular weight excluding hydrogens is 203 g/mol. The zero-order valence-corrected chi connectivity index (χ0v) is 9.56. The SMILES string of the molecule is CC(C)C(=O)c1ccc2c(c1)B(O)OCC2. The lowest BCUT2D eigenvalue weighted by Gasteiger charge is -2.19. The summed E-state index contributed by atoms with van der Waals surface area (Å²) in [4.78, 5) is 11.8. The largest absolute Gasteiger partial charge is 0.491 e. The number of hydrogen-bond donors (Lipinski definition) is 1. The van der Waals surface area contributed by atoms with Crippen molar-refractivity contribution in [2.45, 2.75) is 20.3 Å². The summed E-state index contributed by atoms with van der Waals surface area (Å²) in [6, 6.07) is 5.50. The van der Waals surface area contributed by atoms with Crippen molar-refractivity contribution in [3.63, 3.8) is 0 Å². The molecule has 84 valence electrons. The Kier molecular flexibility index (Phi) is 3.12. The number of ketones is 1. The fourth-order valence-corrected chi connectivity index (χ4v) is 1.91. The molecule has 0 spiro atoms. The molecule has 0 aromatic heterocycles. The lowest BCUT2D eigenvalue weighted by molar-refractivity contribution is 0.0939. The van der Waals surface area contributed by atoms with Gasteiger partial charge < -0.3 is 9.68 Å². The van der Waals surface area contributed by atoms with Crippen LogP contribution in [0.4, 0.5) is 0 Å². The third-order valence-corrected chi connectivity index (χ3v) is 2.87. The Bertz CT molecular complexity index is 415. The first-order valence-electron chi connectivity index (χ1n) is 5.56. The normalized spacial score (nSPS) is 15.1. The molecule has 3 nitrogen and oxygen atoms in total. The lowest BCUT2D eigenvalue weighted by atomic mass is 9.72. The van der Waals surface area contributed by atoms with Crippen LogP contribution in [0, 0.1) is 5.92 Å². The van der Waals surface area contributed by atoms with E-state index in [4.69, 9.17) is 4.65 Å². The van der Waals surface area contributed by atoms with Gasteiger partial charge in [0.2, 0.25) is 0 Å². The second-order valence-corrected chi connectivity index (χ2v) is 4.41. The van der Waals surface area contributed by atoms with E-state index in [1.54, 1.807) is 6.07 Å². The zero-order valence-electron chi connectivity index (χ0n) is 9.56. The number of benzene rings is 1. The maximum absolute atomic E-state index is 11.8. The molecule has 1 aliphatic heterocycles. The van der Waals surface area contributed by atoms with E-state index in [0.29, 0.717) is 12.2 Å². The first-order valence-corrected chi connectivity index (χ1v) is 5.56. The van der Waals surface area contributed by atoms with Crippen molar-refractivity contribution in [3.8, 4) is 0 Å². The monoisotopic (exact) mass is 218 g/mol. The Balaban J connectivity index is 2.37. The van der Waals surface area contributed by atoms with E-state index in [0.717, 1.165) is 17.4 Å². The first-order chi connectivity index (χ1) is 7.59. The third kappa shape index (κ3) is 2.03. The summed E-state index contributed by atoms with van der Waals surface area (Å²) < 4.78 is 5.14. The molecule has 0 bridgehead atoms. The molecule has 1 aromatic rings. The van der Waals surface area contributed by atoms with Gasteiger partial charge in [0, 0.05) is 18.1 Å². The van der Waals surface area contributed by atoms with Gasteiger partial charge in [0.15, 0.2) is 5.78 Å². The highest BCUT2D eigenvalue weighted by atomic mass is 16.5. The quantitative estimate of drug-likeness (QED) is 0.589. The van der Waals surface area contributed by atoms with E-state index in [2.05, 4.69) is 0 Å². The topological polar surface area (TPSA) is 46.5 Å². The summed E-state index contributed by atoms with van der Waals surface area (Å²) in [7, 11) is -0.885. The van der Waals surface area contributed by atoms with Crippen molar-refractivity contribution in [2.75, 3.05) is 6.61 Å². The van der Waals surface area contributed by atoms with Gasteiger partial charge in [-0.3, -0.25) is 4.79 Å². The second-order valence-electron chi connectivity index (χ2n) is 4.41. The number of carbonyl (C=O) groups excluding carboxylic acids is 1. The average molecular weight is 218 g/mol. The van der Waals surface area contributed by atoms with Crippen LogP contribution in [0.5, 0.6) is 0 Å². The van der Waals surface area contributed by atoms with Crippen LogP contribution in [0.25, 0.3) is 0 Å². The minimum absolute atomic E-state index is 0.0281. The number of carbonyl (C=O) groups is 1. The number of rotatable bonds is 2. The molecule has 16 heavy (non-hydrogen) atoms. The molecule has 0 fully saturated rings. The van der Waals surface area contributed by atoms with Crippen molar-refractivity contribution in [3.05, 3.63) is 29.3 Å². The summed E-state index contributed by atoms with van der Waals surface area (Å²) in [6.45, 7) is 4.27. The van der Waals surface area contributed by atoms with Gasteiger partial charge >= 0.3 is 7.12 Å². The highest BCUT2D eigenvalue weighted by Gasteiger charge is 2.25. The second kappa shape index (κ2) is 4.40. The highest BCUT2D eigenvalue weighted by molar-refractivity contribution is 6.61. The van der Waals surface area contributed by atoms with Crippen molar-refractivity contribution in [1.29, 1.82) is 0 Å². The van der Waals surface area contributed by atoms with Gasteiger partial charge in [-0.1, -0.05) is 32.0 Å². The molecule has 4 heteroatoms. The van der Waals surface area contributed by atoms with E-state index in [9.17, 15) is 9.82 Å². The summed E-state index contributed by atoms with van der Waals surface area (Å²) in [5, 5.41) is 9.67. The van der Waals surface area contributed by atoms with Crippen molar-refractivity contribution < 1.29 is 14.5 Å². The van der Waals surface area contributed by atoms with Gasteiger partial charge in [-0.15, -0.1) is 0 Å². The van der Waals surface area contributed by atoms with Crippen LogP contribution in [-0.4, -0.2) is 24.5 Å². The average Bonchev–Trinajstić information content (AvgIpc) is 2.28. The van der Waals surface area contributed by atoms with Crippen LogP contribution in [0.1, 0.15) is 29.8 Å². The molecule has 0 unspecified atom stereocenters. The Labute approximate surface area is 95.6 Å². The minimum atomic E-state index is -0.885. The van der Waals surface area contributed by atoms with Crippen molar-refractivity contribution >= 4 is 18.4 Å². The van der Waals surface area contributed by atoms with E-state index >= 15 is 0 Å². The van der Waals surface area contributed by atoms with E-state index in [-0.39, 0.29) is 11.7 Å². The summed E-state index contributed by atoms with van der Waals surface area (Å²) >= 11 is 0. The molecular formula is C12H15BO3. The lowest BCUT2D eigenvalue weighted by Crippen LogP contribution is -2.41. The fraction of sp³-hybridized carbons (Fsp3) is 0.417. The minimum Gasteiger partial charge on any atom is -0.423 e. The smallest absolute Gasteiger partial charge is 0.423 e. The molecule has 2 rings (SSSR count). The van der Waals surface area contributed by atoms with Crippen LogP contribution in [0.3, 0.4) is 0 Å². The fourth-order valence-electron chi connectivity index (χ4n) is 1.91. The van der Waals surface area contributed by atoms with Gasteiger partial charge in [-0.2, -0.15) is 0 Å². The van der Waals surface area contributed by atoms with Gasteiger partial charge in [-0.25, -0.2) is 0 Å². The van der Waals surface area contributed by atoms with Gasteiger partial charge in [0.25, 0.3) is 0 Å². The number of fused-ring (bicyclic) bond motifs is 1. The molecule has 0 saturated heterocycles. The molecule has 0 radical (unpaired) electrons. The highest BCUT2D eigenvalue weighted by Crippen LogP contribution is 2.12. The van der Waals surface area contributed by atoms with E-state index in [1.165, 1.54) is 0 Å². The maximum Gasteiger partial charge on any atom is 0.491 e. The predicted octanol–water partition coefficient (Wildman–Crippen LogP) is 0.786. The van der Waals surface area contributed by atoms with Crippen LogP contribution >= 0.6 is 0 Å². The van der Waals surface area contributed by atoms with Gasteiger partial charge in [-0.05, 0) is 17.4 Å². The maximum atomic E-state index is 11.8. The zero-order chi connectivity index (χ0) is 11.7. The molecule has 0 atom stereocenters. The number of Topliss-reactive ketones (excluding diaryl/α,β-unsaturated/α-hetero) is 1. The van der Waals surface area contributed by atoms with E-state index in [1.807, 2.05) is 26.0 Å². The van der Waals surface area contributed by atoms with Gasteiger partial charge in [0.1, 0.15) is 0 Å². The Morgan fingerprint density at radius 3 is 2.94 bits per heavy atom. The first kappa shape index (κ1) is 11.4. The molecule has 0 saturated carbocycles. The molecule has 1 aliphatic rings. The Morgan fingerprint density at radius 2 is 2.25 bits per heavy atom. The summed E-state index contributed by atoms with van der Waals surface area (Å²) in [5.41, 5.74) is 2.45. The Morgan fingerprint density at radius 1 is 1.50 bits per heavy atom. The molecule has 0 aliphatic carbocycles. The third-order valence-electron chi connectivity index (χ3n) is 2.87. The molecule has 1 heterocycles. The Hall–Kier alpha value is -1.13. The summed E-state index contributed by atoms with van der Waals surface area (Å²) in [5.74, 6) is 0.0697. The van der Waals surface area contributed by atoms with Crippen LogP contribution in [-0.2, 0) is 11.1 Å². The van der Waals surface area contributed by atoms with Crippen molar-refractivity contribution in [2.24, 2.45) is 5.92 Å². The molecule has 1 N–H and O–H groups in total.